The Balaban J connectivity index is 1.93. The van der Waals surface area contributed by atoms with Gasteiger partial charge < -0.3 is 15.8 Å². The summed E-state index contributed by atoms with van der Waals surface area (Å²) in [7, 11) is 1.19. The van der Waals surface area contributed by atoms with Crippen molar-refractivity contribution in [2.75, 3.05) is 17.3 Å². The number of allylic oxidation sites excluding steroid dienone is 1. The van der Waals surface area contributed by atoms with Crippen molar-refractivity contribution in [3.8, 4) is 0 Å². The van der Waals surface area contributed by atoms with E-state index in [4.69, 9.17) is 45.3 Å². The third kappa shape index (κ3) is 3.07. The van der Waals surface area contributed by atoms with Gasteiger partial charge >= 0.3 is 5.97 Å². The second kappa shape index (κ2) is 8.05. The SMILES string of the molecule is COC(=O)C1=C(N)N(c2cc(Cl)cc(Cl)c2)C2=C(C(=O)CCC2)C12C(=O)Nc1ccc(Cl)cc12. The number of carbonyl (C=O) groups excluding carboxylic acids is 3. The Kier molecular flexibility index (Phi) is 5.39. The minimum atomic E-state index is -1.80. The second-order valence-electron chi connectivity index (χ2n) is 8.21. The van der Waals surface area contributed by atoms with Crippen LogP contribution in [0.15, 0.2) is 59.1 Å². The molecule has 3 aliphatic rings. The van der Waals surface area contributed by atoms with Crippen molar-refractivity contribution >= 4 is 63.8 Å². The lowest BCUT2D eigenvalue weighted by Gasteiger charge is -2.44. The number of ketones is 1. The lowest BCUT2D eigenvalue weighted by Crippen LogP contribution is -2.53. The fourth-order valence-electron chi connectivity index (χ4n) is 5.14. The lowest BCUT2D eigenvalue weighted by atomic mass is 9.63. The molecule has 0 saturated carbocycles. The quantitative estimate of drug-likeness (QED) is 0.559. The van der Waals surface area contributed by atoms with Crippen LogP contribution in [0.25, 0.3) is 0 Å². The molecule has 0 bridgehead atoms. The fraction of sp³-hybridized carbons (Fsp3) is 0.208. The number of amides is 1. The Bertz CT molecular complexity index is 1350. The summed E-state index contributed by atoms with van der Waals surface area (Å²) in [6.07, 6.45) is 1.19. The molecule has 174 valence electrons. The van der Waals surface area contributed by atoms with Crippen molar-refractivity contribution in [2.45, 2.75) is 24.7 Å². The first-order valence-electron chi connectivity index (χ1n) is 10.4. The largest absolute Gasteiger partial charge is 0.466 e. The summed E-state index contributed by atoms with van der Waals surface area (Å²) in [5.41, 5.74) is 6.63. The van der Waals surface area contributed by atoms with Gasteiger partial charge in [0.2, 0.25) is 5.91 Å². The van der Waals surface area contributed by atoms with Crippen LogP contribution in [0.1, 0.15) is 24.8 Å². The first kappa shape index (κ1) is 22.8. The van der Waals surface area contributed by atoms with E-state index in [1.165, 1.54) is 7.11 Å². The molecule has 0 saturated heterocycles. The molecule has 7 nitrogen and oxygen atoms in total. The summed E-state index contributed by atoms with van der Waals surface area (Å²) in [5.74, 6) is -1.74. The average molecular weight is 519 g/mol. The molecule has 3 N–H and O–H groups in total. The molecule has 0 radical (unpaired) electrons. The van der Waals surface area contributed by atoms with E-state index in [9.17, 15) is 14.4 Å². The predicted octanol–water partition coefficient (Wildman–Crippen LogP) is 4.71. The molecule has 1 amide bonds. The third-order valence-corrected chi connectivity index (χ3v) is 7.04. The number of esters is 1. The summed E-state index contributed by atoms with van der Waals surface area (Å²) in [6, 6.07) is 9.62. The lowest BCUT2D eigenvalue weighted by molar-refractivity contribution is -0.138. The summed E-state index contributed by atoms with van der Waals surface area (Å²) < 4.78 is 5.08. The van der Waals surface area contributed by atoms with Gasteiger partial charge in [0.05, 0.1) is 12.8 Å². The molecule has 10 heteroatoms. The highest BCUT2D eigenvalue weighted by molar-refractivity contribution is 6.35. The number of hydrogen-bond donors (Lipinski definition) is 2. The number of nitrogens with two attached hydrogens (primary N) is 1. The van der Waals surface area contributed by atoms with Gasteiger partial charge in [0.1, 0.15) is 16.8 Å². The molecule has 1 atom stereocenters. The van der Waals surface area contributed by atoms with Crippen LogP contribution in [-0.4, -0.2) is 24.8 Å². The number of anilines is 2. The maximum absolute atomic E-state index is 13.7. The zero-order valence-electron chi connectivity index (χ0n) is 17.9. The monoisotopic (exact) mass is 517 g/mol. The van der Waals surface area contributed by atoms with Crippen LogP contribution in [-0.2, 0) is 24.5 Å². The van der Waals surface area contributed by atoms with E-state index in [-0.39, 0.29) is 29.2 Å². The smallest absolute Gasteiger partial charge is 0.339 e. The minimum Gasteiger partial charge on any atom is -0.466 e. The van der Waals surface area contributed by atoms with Crippen LogP contribution in [0.2, 0.25) is 15.1 Å². The number of methoxy groups -OCH3 is 1. The number of carbonyl (C=O) groups is 3. The van der Waals surface area contributed by atoms with Crippen LogP contribution in [0.4, 0.5) is 11.4 Å². The van der Waals surface area contributed by atoms with Gasteiger partial charge in [-0.25, -0.2) is 4.79 Å². The Hall–Kier alpha value is -3.00. The van der Waals surface area contributed by atoms with Crippen LogP contribution >= 0.6 is 34.8 Å². The van der Waals surface area contributed by atoms with E-state index in [1.54, 1.807) is 41.3 Å². The fourth-order valence-corrected chi connectivity index (χ4v) is 5.83. The van der Waals surface area contributed by atoms with Gasteiger partial charge in [0.15, 0.2) is 5.78 Å². The molecule has 2 aromatic carbocycles. The summed E-state index contributed by atoms with van der Waals surface area (Å²) in [6.45, 7) is 0. The van der Waals surface area contributed by atoms with Crippen molar-refractivity contribution in [3.63, 3.8) is 0 Å². The number of ether oxygens (including phenoxy) is 1. The number of halogens is 3. The Morgan fingerprint density at radius 1 is 1.06 bits per heavy atom. The van der Waals surface area contributed by atoms with E-state index in [1.807, 2.05) is 0 Å². The molecule has 2 heterocycles. The van der Waals surface area contributed by atoms with E-state index in [0.717, 1.165) is 0 Å². The van der Waals surface area contributed by atoms with Crippen LogP contribution in [0, 0.1) is 0 Å². The Morgan fingerprint density at radius 3 is 2.44 bits per heavy atom. The van der Waals surface area contributed by atoms with Gasteiger partial charge in [-0.05, 0) is 49.2 Å². The highest BCUT2D eigenvalue weighted by atomic mass is 35.5. The predicted molar refractivity (Wildman–Crippen MR) is 130 cm³/mol. The average Bonchev–Trinajstić information content (AvgIpc) is 3.04. The molecule has 1 unspecified atom stereocenters. The zero-order valence-corrected chi connectivity index (χ0v) is 20.1. The van der Waals surface area contributed by atoms with Crippen LogP contribution in [0.3, 0.4) is 0 Å². The first-order chi connectivity index (χ1) is 16.2. The maximum atomic E-state index is 13.7. The van der Waals surface area contributed by atoms with Crippen LogP contribution in [0.5, 0.6) is 0 Å². The van der Waals surface area contributed by atoms with E-state index in [0.29, 0.717) is 50.5 Å². The molecule has 1 aliphatic carbocycles. The second-order valence-corrected chi connectivity index (χ2v) is 9.52. The molecule has 0 fully saturated rings. The van der Waals surface area contributed by atoms with Crippen molar-refractivity contribution in [2.24, 2.45) is 5.73 Å². The number of benzene rings is 2. The summed E-state index contributed by atoms with van der Waals surface area (Å²) >= 11 is 18.8. The standard InChI is InChI=1S/C24H18Cl3N3O4/c1-34-22(32)20-21(28)30(14-8-12(26)7-13(27)9-14)17-3-2-4-18(31)19(17)24(20)15-10-11(25)5-6-16(15)29-23(24)33/h5-10H,2-4,28H2,1H3,(H,29,33). The van der Waals surface area contributed by atoms with Gasteiger partial charge in [-0.2, -0.15) is 0 Å². The molecular weight excluding hydrogens is 501 g/mol. The van der Waals surface area contributed by atoms with Gasteiger partial charge in [0, 0.05) is 44.0 Å². The molecule has 2 aromatic rings. The minimum absolute atomic E-state index is 0.0541. The zero-order chi connectivity index (χ0) is 24.4. The maximum Gasteiger partial charge on any atom is 0.339 e. The van der Waals surface area contributed by atoms with Gasteiger partial charge in [0.25, 0.3) is 0 Å². The van der Waals surface area contributed by atoms with E-state index >= 15 is 0 Å². The van der Waals surface area contributed by atoms with Crippen LogP contribution < -0.4 is 16.0 Å². The number of hydrogen-bond acceptors (Lipinski definition) is 6. The molecule has 2 aliphatic heterocycles. The summed E-state index contributed by atoms with van der Waals surface area (Å²) in [4.78, 5) is 42.1. The molecule has 1 spiro atoms. The summed E-state index contributed by atoms with van der Waals surface area (Å²) in [5, 5.41) is 3.82. The molecule has 34 heavy (non-hydrogen) atoms. The van der Waals surface area contributed by atoms with E-state index in [2.05, 4.69) is 5.32 Å². The number of nitrogens with one attached hydrogen (secondary N) is 1. The van der Waals surface area contributed by atoms with Crippen molar-refractivity contribution in [3.05, 3.63) is 79.7 Å². The van der Waals surface area contributed by atoms with Crippen molar-refractivity contribution in [1.82, 2.24) is 0 Å². The van der Waals surface area contributed by atoms with Crippen molar-refractivity contribution in [1.29, 1.82) is 0 Å². The topological polar surface area (TPSA) is 102 Å². The van der Waals surface area contributed by atoms with Gasteiger partial charge in [-0.1, -0.05) is 34.8 Å². The highest BCUT2D eigenvalue weighted by Crippen LogP contribution is 2.56. The number of fused-ring (bicyclic) bond motifs is 3. The first-order valence-corrected chi connectivity index (χ1v) is 11.6. The normalized spacial score (nSPS) is 21.6. The van der Waals surface area contributed by atoms with E-state index < -0.39 is 17.3 Å². The highest BCUT2D eigenvalue weighted by Gasteiger charge is 2.62. The third-order valence-electron chi connectivity index (χ3n) is 6.37. The van der Waals surface area contributed by atoms with Gasteiger partial charge in [-0.3, -0.25) is 14.5 Å². The van der Waals surface area contributed by atoms with Crippen molar-refractivity contribution < 1.29 is 19.1 Å². The number of nitrogens with zero attached hydrogens (tertiary/aromatic N) is 1. The molecule has 5 rings (SSSR count). The number of Topliss-reactive ketones (excluding diaryl/α,β-unsaturated/α-hetero) is 1. The number of rotatable bonds is 2. The molecular formula is C24H18Cl3N3O4. The Labute approximate surface area is 210 Å². The molecule has 0 aromatic heterocycles. The van der Waals surface area contributed by atoms with Gasteiger partial charge in [-0.15, -0.1) is 0 Å². The Morgan fingerprint density at radius 2 is 1.76 bits per heavy atom.